The molecule has 1 aliphatic carbocycles. The van der Waals surface area contributed by atoms with Crippen molar-refractivity contribution in [2.75, 3.05) is 0 Å². The number of allylic oxidation sites excluding steroid dienone is 1. The Labute approximate surface area is 328 Å². The zero-order valence-electron chi connectivity index (χ0n) is 30.9. The molecule has 2 N–H and O–H groups in total. The maximum atomic E-state index is 6.59. The highest BCUT2D eigenvalue weighted by atomic mass is 16.3. The van der Waals surface area contributed by atoms with Gasteiger partial charge in [-0.3, -0.25) is 5.32 Å². The second kappa shape index (κ2) is 12.7. The lowest BCUT2D eigenvalue weighted by atomic mass is 9.91. The molecule has 2 atom stereocenters. The first kappa shape index (κ1) is 32.1. The van der Waals surface area contributed by atoms with Crippen LogP contribution in [0.5, 0.6) is 0 Å². The van der Waals surface area contributed by atoms with E-state index in [2.05, 4.69) is 173 Å². The Morgan fingerprint density at radius 3 is 1.96 bits per heavy atom. The van der Waals surface area contributed by atoms with Crippen molar-refractivity contribution in [2.45, 2.75) is 25.2 Å². The Balaban J connectivity index is 0.909. The number of fused-ring (bicyclic) bond motifs is 9. The highest BCUT2D eigenvalue weighted by Crippen LogP contribution is 2.40. The molecule has 7 aromatic carbocycles. The largest absolute Gasteiger partial charge is 0.460 e. The van der Waals surface area contributed by atoms with Gasteiger partial charge in [0.15, 0.2) is 0 Å². The average molecular weight is 737 g/mol. The molecule has 272 valence electrons. The number of aryl methyl sites for hydroxylation is 1. The third kappa shape index (κ3) is 5.25. The van der Waals surface area contributed by atoms with Gasteiger partial charge in [-0.2, -0.15) is 0 Å². The summed E-state index contributed by atoms with van der Waals surface area (Å²) >= 11 is 0. The zero-order chi connectivity index (χ0) is 37.5. The van der Waals surface area contributed by atoms with E-state index in [9.17, 15) is 0 Å². The molecule has 2 unspecified atom stereocenters. The second-order valence-corrected chi connectivity index (χ2v) is 15.1. The molecular weight excluding hydrogens is 701 g/mol. The Bertz CT molecular complexity index is 3210. The van der Waals surface area contributed by atoms with E-state index in [1.54, 1.807) is 0 Å². The monoisotopic (exact) mass is 736 g/mol. The molecule has 4 heterocycles. The lowest BCUT2D eigenvalue weighted by molar-refractivity contribution is 0.409. The van der Waals surface area contributed by atoms with E-state index in [0.717, 1.165) is 85.3 Å². The fraction of sp³-hybridized carbons (Fsp3) is 0.0784. The summed E-state index contributed by atoms with van der Waals surface area (Å²) in [5.41, 5.74) is 13.1. The SMILES string of the molecule is C1=C(c2ccc3oc4ccc(-n5c6ccccc6c6ccccc65)cc4c3c2)CCc2oc3cc(C4=NC(c5ccccc5)NC(c5ccccc5)N4)ccc3c21. The molecule has 0 saturated carbocycles. The number of furan rings is 2. The Morgan fingerprint density at radius 2 is 1.19 bits per heavy atom. The molecular formula is C51H36N4O2. The molecule has 57 heavy (non-hydrogen) atoms. The Morgan fingerprint density at radius 1 is 0.526 bits per heavy atom. The molecule has 10 aromatic rings. The van der Waals surface area contributed by atoms with Crippen molar-refractivity contribution in [3.05, 3.63) is 197 Å². The lowest BCUT2D eigenvalue weighted by Gasteiger charge is -2.32. The summed E-state index contributed by atoms with van der Waals surface area (Å²) in [4.78, 5) is 5.16. The molecule has 2 aliphatic rings. The molecule has 0 bridgehead atoms. The van der Waals surface area contributed by atoms with Crippen LogP contribution in [0.3, 0.4) is 0 Å². The van der Waals surface area contributed by atoms with E-state index in [0.29, 0.717) is 0 Å². The van der Waals surface area contributed by atoms with E-state index >= 15 is 0 Å². The number of aliphatic imine (C=N–C) groups is 1. The van der Waals surface area contributed by atoms with Crippen LogP contribution in [0.1, 0.15) is 52.3 Å². The van der Waals surface area contributed by atoms with E-state index in [1.807, 2.05) is 12.1 Å². The summed E-state index contributed by atoms with van der Waals surface area (Å²) in [5, 5.41) is 13.2. The predicted molar refractivity (Wildman–Crippen MR) is 232 cm³/mol. The number of amidine groups is 1. The number of hydrogen-bond acceptors (Lipinski definition) is 5. The Hall–Kier alpha value is -7.15. The van der Waals surface area contributed by atoms with Gasteiger partial charge in [-0.25, -0.2) is 4.99 Å². The molecule has 6 nitrogen and oxygen atoms in total. The fourth-order valence-electron chi connectivity index (χ4n) is 9.01. The molecule has 0 amide bonds. The van der Waals surface area contributed by atoms with Gasteiger partial charge in [0, 0.05) is 50.2 Å². The van der Waals surface area contributed by atoms with Crippen LogP contribution in [0.4, 0.5) is 0 Å². The van der Waals surface area contributed by atoms with Gasteiger partial charge in [0.05, 0.1) is 11.0 Å². The maximum absolute atomic E-state index is 6.59. The third-order valence-electron chi connectivity index (χ3n) is 11.8. The topological polar surface area (TPSA) is 67.6 Å². The smallest absolute Gasteiger partial charge is 0.135 e. The average Bonchev–Trinajstić information content (AvgIpc) is 3.95. The molecule has 0 radical (unpaired) electrons. The van der Waals surface area contributed by atoms with Crippen molar-refractivity contribution in [1.82, 2.24) is 15.2 Å². The normalized spacial score (nSPS) is 16.9. The first-order valence-corrected chi connectivity index (χ1v) is 19.6. The number of para-hydroxylation sites is 2. The van der Waals surface area contributed by atoms with E-state index in [4.69, 9.17) is 13.8 Å². The van der Waals surface area contributed by atoms with Gasteiger partial charge < -0.3 is 18.7 Å². The highest BCUT2D eigenvalue weighted by Gasteiger charge is 2.27. The van der Waals surface area contributed by atoms with Crippen LogP contribution in [0, 0.1) is 0 Å². The van der Waals surface area contributed by atoms with Gasteiger partial charge in [0.25, 0.3) is 0 Å². The van der Waals surface area contributed by atoms with Gasteiger partial charge in [0.1, 0.15) is 40.7 Å². The summed E-state index contributed by atoms with van der Waals surface area (Å²) in [6, 6.07) is 57.8. The highest BCUT2D eigenvalue weighted by molar-refractivity contribution is 6.11. The van der Waals surface area contributed by atoms with Crippen molar-refractivity contribution in [3.63, 3.8) is 0 Å². The predicted octanol–water partition coefficient (Wildman–Crippen LogP) is 12.3. The van der Waals surface area contributed by atoms with Gasteiger partial charge in [-0.05, 0) is 89.4 Å². The van der Waals surface area contributed by atoms with Gasteiger partial charge in [0.2, 0.25) is 0 Å². The molecule has 0 saturated heterocycles. The van der Waals surface area contributed by atoms with Crippen molar-refractivity contribution < 1.29 is 8.83 Å². The van der Waals surface area contributed by atoms with E-state index < -0.39 is 0 Å². The van der Waals surface area contributed by atoms with Crippen molar-refractivity contribution in [1.29, 1.82) is 0 Å². The summed E-state index contributed by atoms with van der Waals surface area (Å²) in [6.45, 7) is 0. The number of benzene rings is 7. The minimum absolute atomic E-state index is 0.0974. The maximum Gasteiger partial charge on any atom is 0.135 e. The van der Waals surface area contributed by atoms with Crippen LogP contribution in [0.2, 0.25) is 0 Å². The third-order valence-corrected chi connectivity index (χ3v) is 11.8. The molecule has 1 aliphatic heterocycles. The molecule has 12 rings (SSSR count). The van der Waals surface area contributed by atoms with Crippen LogP contribution in [0.25, 0.3) is 72.1 Å². The minimum Gasteiger partial charge on any atom is -0.460 e. The lowest BCUT2D eigenvalue weighted by Crippen LogP contribution is -2.44. The van der Waals surface area contributed by atoms with Gasteiger partial charge in [-0.15, -0.1) is 0 Å². The van der Waals surface area contributed by atoms with Crippen LogP contribution >= 0.6 is 0 Å². The summed E-state index contributed by atoms with van der Waals surface area (Å²) in [7, 11) is 0. The van der Waals surface area contributed by atoms with Crippen molar-refractivity contribution >= 4 is 72.2 Å². The quantitative estimate of drug-likeness (QED) is 0.185. The zero-order valence-corrected chi connectivity index (χ0v) is 30.9. The van der Waals surface area contributed by atoms with Crippen LogP contribution in [0.15, 0.2) is 178 Å². The van der Waals surface area contributed by atoms with Crippen LogP contribution < -0.4 is 10.6 Å². The first-order valence-electron chi connectivity index (χ1n) is 19.6. The molecule has 0 fully saturated rings. The number of nitrogens with one attached hydrogen (secondary N) is 2. The fourth-order valence-corrected chi connectivity index (χ4v) is 9.01. The van der Waals surface area contributed by atoms with Gasteiger partial charge >= 0.3 is 0 Å². The summed E-state index contributed by atoms with van der Waals surface area (Å²) in [6.07, 6.45) is 3.77. The van der Waals surface area contributed by atoms with Crippen LogP contribution in [-0.2, 0) is 6.42 Å². The number of hydrogen-bond donors (Lipinski definition) is 2. The van der Waals surface area contributed by atoms with Crippen molar-refractivity contribution in [3.8, 4) is 5.69 Å². The molecule has 3 aromatic heterocycles. The van der Waals surface area contributed by atoms with E-state index in [1.165, 1.54) is 32.9 Å². The summed E-state index contributed by atoms with van der Waals surface area (Å²) in [5.74, 6) is 1.87. The minimum atomic E-state index is -0.191. The Kier molecular flexibility index (Phi) is 7.16. The number of aromatic nitrogens is 1. The first-order chi connectivity index (χ1) is 28.2. The summed E-state index contributed by atoms with van der Waals surface area (Å²) < 4.78 is 15.4. The molecule has 6 heteroatoms. The standard InChI is InChI=1S/C51H36N4O2/c1-3-11-31(12-4-1)49-52-50(32-13-5-2-6-14-32)54-51(53-49)35-19-23-39-40-27-33(20-24-45(40)57-48(39)29-35)34-21-25-46-41(28-34)42-30-36(22-26-47(42)56-46)55-43-17-9-7-15-37(43)38-16-8-10-18-44(38)55/h1-19,21-23,25-30,49-50,52H,20,24H2,(H,53,54). The number of rotatable bonds is 5. The van der Waals surface area contributed by atoms with Crippen molar-refractivity contribution in [2.24, 2.45) is 4.99 Å². The van der Waals surface area contributed by atoms with Crippen LogP contribution in [-0.4, -0.2) is 10.4 Å². The van der Waals surface area contributed by atoms with E-state index in [-0.39, 0.29) is 12.3 Å². The second-order valence-electron chi connectivity index (χ2n) is 15.1. The number of nitrogens with zero attached hydrogens (tertiary/aromatic N) is 2. The molecule has 0 spiro atoms. The van der Waals surface area contributed by atoms with Gasteiger partial charge in [-0.1, -0.05) is 109 Å².